The molecule has 0 aromatic heterocycles. The van der Waals surface area contributed by atoms with Crippen molar-refractivity contribution in [3.63, 3.8) is 0 Å². The minimum absolute atomic E-state index is 0.00809. The largest absolute Gasteiger partial charge is 0.457 e. The Bertz CT molecular complexity index is 4050. The van der Waals surface area contributed by atoms with Gasteiger partial charge in [-0.2, -0.15) is 0 Å². The molecule has 0 amide bonds. The van der Waals surface area contributed by atoms with Gasteiger partial charge in [0.2, 0.25) is 29.5 Å². The molecule has 10 rings (SSSR count). The lowest BCUT2D eigenvalue weighted by Gasteiger charge is -2.14. The highest BCUT2D eigenvalue weighted by atomic mass is 79.9. The van der Waals surface area contributed by atoms with Crippen molar-refractivity contribution in [2.24, 2.45) is 0 Å². The lowest BCUT2D eigenvalue weighted by atomic mass is 10.3. The van der Waals surface area contributed by atoms with Crippen LogP contribution in [-0.4, -0.2) is 25.3 Å². The van der Waals surface area contributed by atoms with E-state index in [1.54, 1.807) is 146 Å². The maximum absolute atomic E-state index is 14.0. The van der Waals surface area contributed by atoms with Gasteiger partial charge >= 0.3 is 0 Å². The summed E-state index contributed by atoms with van der Waals surface area (Å²) >= 11 is 6.80. The molecule has 0 atom stereocenters. The number of sulfone groups is 3. The average Bonchev–Trinajstić information content (AvgIpc) is 3.44. The molecule has 10 aromatic carbocycles. The minimum atomic E-state index is -4.09. The fourth-order valence-corrected chi connectivity index (χ4v) is 12.2. The van der Waals surface area contributed by atoms with Gasteiger partial charge in [-0.25, -0.2) is 25.3 Å². The first-order valence-corrected chi connectivity index (χ1v) is 29.3. The molecule has 17 heteroatoms. The summed E-state index contributed by atoms with van der Waals surface area (Å²) in [4.78, 5) is 0.334. The number of hydrogen-bond acceptors (Lipinski definition) is 12. The normalized spacial score (nSPS) is 11.6. The summed E-state index contributed by atoms with van der Waals surface area (Å²) in [5.74, 6) is 5.04. The van der Waals surface area contributed by atoms with Gasteiger partial charge in [0.1, 0.15) is 73.9 Å². The first kappa shape index (κ1) is 52.3. The second-order valence-electron chi connectivity index (χ2n) is 16.8. The predicted octanol–water partition coefficient (Wildman–Crippen LogP) is 16.5. The Morgan fingerprint density at radius 2 is 0.519 bits per heavy atom. The predicted molar refractivity (Wildman–Crippen MR) is 297 cm³/mol. The molecule has 0 spiro atoms. The molecule has 0 fully saturated rings. The number of hydrogen-bond donors (Lipinski definition) is 0. The highest BCUT2D eigenvalue weighted by Gasteiger charge is 2.24. The molecule has 0 heterocycles. The van der Waals surface area contributed by atoms with Crippen LogP contribution in [0.2, 0.25) is 0 Å². The van der Waals surface area contributed by atoms with Gasteiger partial charge in [0.05, 0.1) is 24.5 Å². The average molecular weight is 1210 g/mol. The Hall–Kier alpha value is -8.19. The van der Waals surface area contributed by atoms with Gasteiger partial charge in [0.15, 0.2) is 0 Å². The summed E-state index contributed by atoms with van der Waals surface area (Å²) in [5, 5.41) is 0. The lowest BCUT2D eigenvalue weighted by molar-refractivity contribution is 0.452. The van der Waals surface area contributed by atoms with Crippen LogP contribution in [-0.2, 0) is 29.5 Å². The first-order valence-electron chi connectivity index (χ1n) is 23.3. The van der Waals surface area contributed by atoms with Crippen molar-refractivity contribution >= 4 is 61.4 Å². The molecule has 0 bridgehead atoms. The third-order valence-corrected chi connectivity index (χ3v) is 17.9. The van der Waals surface area contributed by atoms with Crippen LogP contribution in [0.15, 0.2) is 281 Å². The van der Waals surface area contributed by atoms with E-state index in [2.05, 4.69) is 31.9 Å². The molecule has 0 aliphatic heterocycles. The zero-order valence-electron chi connectivity index (χ0n) is 40.0. The lowest BCUT2D eigenvalue weighted by Crippen LogP contribution is -2.04. The van der Waals surface area contributed by atoms with Crippen molar-refractivity contribution in [2.75, 3.05) is 0 Å². The summed E-state index contributed by atoms with van der Waals surface area (Å²) in [5.41, 5.74) is 0. The molecule has 0 aliphatic rings. The Morgan fingerprint density at radius 1 is 0.234 bits per heavy atom. The number of rotatable bonds is 18. The molecule has 0 radical (unpaired) electrons. The van der Waals surface area contributed by atoms with E-state index in [4.69, 9.17) is 28.4 Å². The summed E-state index contributed by atoms with van der Waals surface area (Å²) in [7, 11) is -11.8. The summed E-state index contributed by atoms with van der Waals surface area (Å²) < 4.78 is 119. The van der Waals surface area contributed by atoms with E-state index < -0.39 is 29.5 Å². The van der Waals surface area contributed by atoms with Gasteiger partial charge in [-0.15, -0.1) is 0 Å². The molecule has 0 saturated carbocycles. The Labute approximate surface area is 461 Å². The quantitative estimate of drug-likeness (QED) is 0.0802. The maximum Gasteiger partial charge on any atom is 0.210 e. The van der Waals surface area contributed by atoms with Crippen LogP contribution in [0.4, 0.5) is 0 Å². The summed E-state index contributed by atoms with van der Waals surface area (Å²) in [6, 6.07) is 64.7. The SMILES string of the molecule is O=S(=O)(c1ccc(Oc2ccc(Oc3ccc(S(=O)(=O)c4ccccc4Oc4cccc(Oc5ccc(S(=O)(=O)c6ccc(Oc7ccc(Br)cc7)cc6)cc5)c4)cc3)cc2)cc1)c1ccc(Oc2cccc(Br)c2)cc1. The number of ether oxygens (including phenoxy) is 6. The van der Waals surface area contributed by atoms with Crippen LogP contribution in [0.3, 0.4) is 0 Å². The number of para-hydroxylation sites is 1. The van der Waals surface area contributed by atoms with Gasteiger partial charge in [0, 0.05) is 15.0 Å². The molecular formula is C60H40Br2O12S3. The van der Waals surface area contributed by atoms with Crippen molar-refractivity contribution in [3.8, 4) is 69.0 Å². The van der Waals surface area contributed by atoms with E-state index in [0.29, 0.717) is 63.2 Å². The topological polar surface area (TPSA) is 158 Å². The molecule has 384 valence electrons. The maximum atomic E-state index is 14.0. The van der Waals surface area contributed by atoms with Gasteiger partial charge in [0.25, 0.3) is 0 Å². The molecule has 0 unspecified atom stereocenters. The molecule has 77 heavy (non-hydrogen) atoms. The van der Waals surface area contributed by atoms with Crippen molar-refractivity contribution in [1.82, 2.24) is 0 Å². The second-order valence-corrected chi connectivity index (χ2v) is 24.4. The fourth-order valence-electron chi connectivity index (χ4n) is 7.61. The Kier molecular flexibility index (Phi) is 15.3. The highest BCUT2D eigenvalue weighted by molar-refractivity contribution is 9.10. The van der Waals surface area contributed by atoms with Gasteiger partial charge < -0.3 is 28.4 Å². The third-order valence-electron chi connectivity index (χ3n) is 11.5. The standard InChI is InChI=1S/C60H40Br2O12S3/c61-41-11-13-43(14-12-41)69-46-19-29-54(30-20-46)76(65,66)57-35-25-50(26-36-57)73-52-7-4-8-53(40-52)74-59-9-1-2-10-60(59)77(67,68)58-37-27-48(28-38-58)71-45-17-15-44(16-18-45)70-47-21-31-55(32-22-47)75(63,64)56-33-23-49(24-34-56)72-51-6-3-5-42(62)39-51/h1-40H. The summed E-state index contributed by atoms with van der Waals surface area (Å²) in [6.45, 7) is 0. The monoisotopic (exact) mass is 1210 g/mol. The van der Waals surface area contributed by atoms with Crippen LogP contribution in [0.1, 0.15) is 0 Å². The van der Waals surface area contributed by atoms with Gasteiger partial charge in [-0.1, -0.05) is 56.1 Å². The highest BCUT2D eigenvalue weighted by Crippen LogP contribution is 2.37. The van der Waals surface area contributed by atoms with Crippen molar-refractivity contribution in [1.29, 1.82) is 0 Å². The van der Waals surface area contributed by atoms with Crippen LogP contribution in [0, 0.1) is 0 Å². The second kappa shape index (κ2) is 22.6. The van der Waals surface area contributed by atoms with Gasteiger partial charge in [-0.05, 0) is 212 Å². The molecule has 10 aromatic rings. The van der Waals surface area contributed by atoms with Crippen LogP contribution < -0.4 is 28.4 Å². The van der Waals surface area contributed by atoms with E-state index in [1.807, 2.05) is 30.3 Å². The number of benzene rings is 10. The molecule has 0 N–H and O–H groups in total. The van der Waals surface area contributed by atoms with E-state index in [9.17, 15) is 25.3 Å². The van der Waals surface area contributed by atoms with Crippen LogP contribution >= 0.6 is 31.9 Å². The van der Waals surface area contributed by atoms with Crippen molar-refractivity contribution in [3.05, 3.63) is 252 Å². The molecule has 0 aliphatic carbocycles. The zero-order chi connectivity index (χ0) is 53.6. The van der Waals surface area contributed by atoms with Crippen LogP contribution in [0.5, 0.6) is 69.0 Å². The minimum Gasteiger partial charge on any atom is -0.457 e. The van der Waals surface area contributed by atoms with Crippen LogP contribution in [0.25, 0.3) is 0 Å². The van der Waals surface area contributed by atoms with Gasteiger partial charge in [-0.3, -0.25) is 0 Å². The van der Waals surface area contributed by atoms with E-state index >= 15 is 0 Å². The smallest absolute Gasteiger partial charge is 0.210 e. The molecule has 12 nitrogen and oxygen atoms in total. The molecule has 0 saturated heterocycles. The fraction of sp³-hybridized carbons (Fsp3) is 0. The van der Waals surface area contributed by atoms with E-state index in [0.717, 1.165) is 8.95 Å². The van der Waals surface area contributed by atoms with Crippen molar-refractivity contribution < 1.29 is 53.7 Å². The summed E-state index contributed by atoms with van der Waals surface area (Å²) in [6.07, 6.45) is 0. The Morgan fingerprint density at radius 3 is 0.896 bits per heavy atom. The third kappa shape index (κ3) is 12.6. The zero-order valence-corrected chi connectivity index (χ0v) is 45.6. The number of halogens is 2. The van der Waals surface area contributed by atoms with E-state index in [1.165, 1.54) is 66.7 Å². The molecular weight excluding hydrogens is 1170 g/mol. The van der Waals surface area contributed by atoms with Crippen molar-refractivity contribution in [2.45, 2.75) is 29.4 Å². The first-order chi connectivity index (χ1) is 37.1. The Balaban J connectivity index is 0.731. The van der Waals surface area contributed by atoms with E-state index in [-0.39, 0.29) is 35.1 Å².